The zero-order chi connectivity index (χ0) is 26.4. The summed E-state index contributed by atoms with van der Waals surface area (Å²) in [6, 6.07) is 4.84. The number of hydrogen-bond donors (Lipinski definition) is 1. The van der Waals surface area contributed by atoms with Crippen LogP contribution in [-0.2, 0) is 0 Å². The van der Waals surface area contributed by atoms with Crippen LogP contribution in [0.1, 0.15) is 55.6 Å². The zero-order valence-electron chi connectivity index (χ0n) is 20.8. The maximum Gasteiger partial charge on any atom is 0.179 e. The molecule has 2 atom stereocenters. The molecule has 1 saturated heterocycles. The van der Waals surface area contributed by atoms with Crippen molar-refractivity contribution in [3.05, 3.63) is 57.6 Å². The number of aliphatic hydroxyl groups is 1. The van der Waals surface area contributed by atoms with Crippen LogP contribution < -0.4 is 4.74 Å². The van der Waals surface area contributed by atoms with Crippen LogP contribution >= 0.6 is 22.6 Å². The molecule has 1 N–H and O–H groups in total. The third kappa shape index (κ3) is 4.17. The molecule has 0 radical (unpaired) electrons. The van der Waals surface area contributed by atoms with E-state index in [1.807, 2.05) is 28.8 Å². The minimum Gasteiger partial charge on any atom is -0.479 e. The van der Waals surface area contributed by atoms with E-state index in [1.165, 1.54) is 12.1 Å². The third-order valence-corrected chi connectivity index (χ3v) is 8.66. The molecule has 1 saturated carbocycles. The van der Waals surface area contributed by atoms with Gasteiger partial charge in [-0.3, -0.25) is 4.98 Å². The van der Waals surface area contributed by atoms with Gasteiger partial charge in [-0.05, 0) is 79.8 Å². The van der Waals surface area contributed by atoms with Gasteiger partial charge in [-0.15, -0.1) is 5.10 Å². The number of ether oxygens (including phenoxy) is 1. The van der Waals surface area contributed by atoms with Crippen molar-refractivity contribution in [2.24, 2.45) is 0 Å². The van der Waals surface area contributed by atoms with Gasteiger partial charge in [0.1, 0.15) is 22.8 Å². The molecule has 1 unspecified atom stereocenters. The predicted molar refractivity (Wildman–Crippen MR) is 143 cm³/mol. The molecular formula is C26H26FIN8O2. The van der Waals surface area contributed by atoms with Crippen LogP contribution in [0.5, 0.6) is 5.75 Å². The number of nitriles is 1. The first-order valence-electron chi connectivity index (χ1n) is 12.6. The van der Waals surface area contributed by atoms with Gasteiger partial charge >= 0.3 is 0 Å². The molecule has 196 valence electrons. The normalized spacial score (nSPS) is 19.3. The topological polar surface area (TPSA) is 117 Å². The van der Waals surface area contributed by atoms with Gasteiger partial charge in [-0.2, -0.15) is 10.4 Å². The van der Waals surface area contributed by atoms with Crippen LogP contribution in [0, 0.1) is 27.8 Å². The first-order chi connectivity index (χ1) is 18.4. The molecule has 6 rings (SSSR count). The number of aliphatic hydroxyl groups excluding tert-OH is 1. The quantitative estimate of drug-likeness (QED) is 0.250. The highest BCUT2D eigenvalue weighted by atomic mass is 127. The molecule has 2 aliphatic rings. The summed E-state index contributed by atoms with van der Waals surface area (Å²) < 4.78 is 24.3. The van der Waals surface area contributed by atoms with Crippen LogP contribution in [0.15, 0.2) is 36.8 Å². The summed E-state index contributed by atoms with van der Waals surface area (Å²) in [4.78, 5) is 6.05. The van der Waals surface area contributed by atoms with Crippen molar-refractivity contribution in [3.63, 3.8) is 0 Å². The Morgan fingerprint density at radius 3 is 2.87 bits per heavy atom. The van der Waals surface area contributed by atoms with Gasteiger partial charge in [0.2, 0.25) is 0 Å². The van der Waals surface area contributed by atoms with E-state index in [4.69, 9.17) is 4.74 Å². The van der Waals surface area contributed by atoms with Crippen LogP contribution in [-0.4, -0.2) is 58.3 Å². The summed E-state index contributed by atoms with van der Waals surface area (Å²) in [5.41, 5.74) is 3.54. The van der Waals surface area contributed by atoms with Crippen molar-refractivity contribution in [3.8, 4) is 23.2 Å². The van der Waals surface area contributed by atoms with E-state index >= 15 is 0 Å². The van der Waals surface area contributed by atoms with E-state index in [0.29, 0.717) is 17.1 Å². The minimum absolute atomic E-state index is 0.0460. The standard InChI is InChI=1S/C26H26FIN8O2/c1-16-24(32-33-36(16)19-5-8-34(15-29)26(10-19)6-2-7-26)17-9-22(25-20(28)12-31-35(25)13-17)38-23(14-37)21-4-3-18(27)11-30-21/h3-4,9,11-13,19,23,37H,2,5-8,10,14H2,1H3/t19?,23-/m1/s1. The zero-order valence-corrected chi connectivity index (χ0v) is 22.9. The summed E-state index contributed by atoms with van der Waals surface area (Å²) in [5, 5.41) is 33.2. The Balaban J connectivity index is 1.35. The van der Waals surface area contributed by atoms with Gasteiger partial charge in [0.05, 0.1) is 45.5 Å². The number of hydrogen-bond acceptors (Lipinski definition) is 8. The Morgan fingerprint density at radius 1 is 1.34 bits per heavy atom. The van der Waals surface area contributed by atoms with Crippen LogP contribution in [0.25, 0.3) is 16.8 Å². The summed E-state index contributed by atoms with van der Waals surface area (Å²) in [5.74, 6) is 0.0412. The molecule has 1 aliphatic heterocycles. The largest absolute Gasteiger partial charge is 0.479 e. The molecule has 0 bridgehead atoms. The minimum atomic E-state index is -0.791. The van der Waals surface area contributed by atoms with Crippen molar-refractivity contribution in [2.75, 3.05) is 13.2 Å². The summed E-state index contributed by atoms with van der Waals surface area (Å²) in [6.45, 7) is 2.40. The molecule has 5 heterocycles. The second-order valence-electron chi connectivity index (χ2n) is 10.0. The Morgan fingerprint density at radius 2 is 2.18 bits per heavy atom. The lowest BCUT2D eigenvalue weighted by Gasteiger charge is -2.52. The van der Waals surface area contributed by atoms with Crippen LogP contribution in [0.3, 0.4) is 0 Å². The van der Waals surface area contributed by atoms with E-state index in [1.54, 1.807) is 10.7 Å². The second kappa shape index (κ2) is 9.77. The molecular weight excluding hydrogens is 602 g/mol. The first kappa shape index (κ1) is 25.0. The van der Waals surface area contributed by atoms with Gasteiger partial charge in [0.15, 0.2) is 12.3 Å². The molecule has 2 fully saturated rings. The summed E-state index contributed by atoms with van der Waals surface area (Å²) in [7, 11) is 0. The van der Waals surface area contributed by atoms with Crippen molar-refractivity contribution in [1.29, 1.82) is 5.26 Å². The summed E-state index contributed by atoms with van der Waals surface area (Å²) in [6.07, 6.45) is 11.3. The third-order valence-electron chi connectivity index (χ3n) is 7.87. The second-order valence-corrected chi connectivity index (χ2v) is 11.2. The molecule has 1 aliphatic carbocycles. The molecule has 0 amide bonds. The fraction of sp³-hybridized carbons (Fsp3) is 0.423. The predicted octanol–water partition coefficient (Wildman–Crippen LogP) is 4.19. The number of nitrogens with zero attached hydrogens (tertiary/aromatic N) is 8. The number of fused-ring (bicyclic) bond motifs is 1. The lowest BCUT2D eigenvalue weighted by molar-refractivity contribution is 0.00271. The highest BCUT2D eigenvalue weighted by Crippen LogP contribution is 2.47. The SMILES string of the molecule is Cc1c(-c2cc(O[C@H](CO)c3ccc(F)cn3)c3c(I)cnn3c2)nnn1C1CCN(C#N)C2(CCC2)C1. The maximum atomic E-state index is 13.4. The van der Waals surface area contributed by atoms with Gasteiger partial charge in [0, 0.05) is 18.3 Å². The first-order valence-corrected chi connectivity index (χ1v) is 13.7. The van der Waals surface area contributed by atoms with Crippen molar-refractivity contribution >= 4 is 28.1 Å². The van der Waals surface area contributed by atoms with E-state index in [2.05, 4.69) is 49.2 Å². The van der Waals surface area contributed by atoms with Gasteiger partial charge in [-0.25, -0.2) is 13.6 Å². The molecule has 38 heavy (non-hydrogen) atoms. The fourth-order valence-corrected chi connectivity index (χ4v) is 6.37. The Labute approximate surface area is 232 Å². The fourth-order valence-electron chi connectivity index (χ4n) is 5.73. The number of rotatable bonds is 6. The Hall–Kier alpha value is -3.31. The van der Waals surface area contributed by atoms with Crippen molar-refractivity contribution in [1.82, 2.24) is 34.5 Å². The Bertz CT molecular complexity index is 1520. The monoisotopic (exact) mass is 628 g/mol. The summed E-state index contributed by atoms with van der Waals surface area (Å²) >= 11 is 2.19. The van der Waals surface area contributed by atoms with Gasteiger partial charge < -0.3 is 14.7 Å². The molecule has 4 aromatic heterocycles. The molecule has 12 heteroatoms. The lowest BCUT2D eigenvalue weighted by Crippen LogP contribution is -2.56. The molecule has 1 spiro atoms. The lowest BCUT2D eigenvalue weighted by atomic mass is 9.69. The van der Waals surface area contributed by atoms with E-state index in [9.17, 15) is 14.8 Å². The average Bonchev–Trinajstić information content (AvgIpc) is 3.48. The average molecular weight is 628 g/mol. The number of pyridine rings is 2. The Kier molecular flexibility index (Phi) is 6.43. The highest BCUT2D eigenvalue weighted by Gasteiger charge is 2.47. The van der Waals surface area contributed by atoms with Crippen molar-refractivity contribution < 1.29 is 14.2 Å². The van der Waals surface area contributed by atoms with Gasteiger partial charge in [0.25, 0.3) is 0 Å². The molecule has 0 aromatic carbocycles. The maximum absolute atomic E-state index is 13.4. The van der Waals surface area contributed by atoms with E-state index in [0.717, 1.165) is 65.2 Å². The van der Waals surface area contributed by atoms with Gasteiger partial charge in [-0.1, -0.05) is 5.21 Å². The molecule has 10 nitrogen and oxygen atoms in total. The number of likely N-dealkylation sites (tertiary alicyclic amines) is 1. The number of aromatic nitrogens is 6. The number of halogens is 2. The smallest absolute Gasteiger partial charge is 0.179 e. The van der Waals surface area contributed by atoms with Crippen LogP contribution in [0.4, 0.5) is 4.39 Å². The van der Waals surface area contributed by atoms with Crippen molar-refractivity contribution in [2.45, 2.75) is 56.7 Å². The van der Waals surface area contributed by atoms with Crippen LogP contribution in [0.2, 0.25) is 0 Å². The van der Waals surface area contributed by atoms with E-state index < -0.39 is 11.9 Å². The highest BCUT2D eigenvalue weighted by molar-refractivity contribution is 14.1. The molecule has 4 aromatic rings. The number of piperidine rings is 1. The van der Waals surface area contributed by atoms with E-state index in [-0.39, 0.29) is 18.2 Å².